The second-order valence-corrected chi connectivity index (χ2v) is 3.75. The molecule has 0 N–H and O–H groups in total. The van der Waals surface area contributed by atoms with E-state index in [4.69, 9.17) is 0 Å². The zero-order valence-electron chi connectivity index (χ0n) is 8.84. The van der Waals surface area contributed by atoms with Gasteiger partial charge in [-0.2, -0.15) is 0 Å². The number of ketones is 2. The van der Waals surface area contributed by atoms with Crippen molar-refractivity contribution in [1.29, 1.82) is 0 Å². The Hall–Kier alpha value is -1.93. The van der Waals surface area contributed by atoms with Gasteiger partial charge in [0.1, 0.15) is 0 Å². The fourth-order valence-electron chi connectivity index (χ4n) is 2.05. The van der Waals surface area contributed by atoms with E-state index in [2.05, 4.69) is 0 Å². The summed E-state index contributed by atoms with van der Waals surface area (Å²) in [5.41, 5.74) is 2.02. The number of fused-ring (bicyclic) bond motifs is 2. The monoisotopic (exact) mass is 244 g/mol. The lowest BCUT2D eigenvalue weighted by molar-refractivity contribution is 0.0979. The average molecular weight is 245 g/mol. The number of hydrogen-bond acceptors (Lipinski definition) is 2. The third kappa shape index (κ3) is 1.58. The number of carbonyl (C=O) groups excluding carboxylic acids is 2. The smallest absolute Gasteiger partial charge is 0.194 e. The molecule has 0 amide bonds. The van der Waals surface area contributed by atoms with Gasteiger partial charge < -0.3 is 0 Å². The van der Waals surface area contributed by atoms with Crippen LogP contribution >= 0.6 is 12.4 Å². The first-order valence-electron chi connectivity index (χ1n) is 5.06. The van der Waals surface area contributed by atoms with Crippen LogP contribution < -0.4 is 0 Å². The molecule has 0 saturated heterocycles. The molecule has 0 aromatic heterocycles. The van der Waals surface area contributed by atoms with Gasteiger partial charge in [0, 0.05) is 22.3 Å². The van der Waals surface area contributed by atoms with Crippen LogP contribution in [0.2, 0.25) is 0 Å². The van der Waals surface area contributed by atoms with Crippen LogP contribution in [0.5, 0.6) is 0 Å². The summed E-state index contributed by atoms with van der Waals surface area (Å²) in [6, 6.07) is 13.9. The van der Waals surface area contributed by atoms with Gasteiger partial charge in [0.2, 0.25) is 0 Å². The van der Waals surface area contributed by atoms with Gasteiger partial charge in [-0.05, 0) is 0 Å². The van der Waals surface area contributed by atoms with E-state index in [1.54, 1.807) is 48.5 Å². The molecule has 0 spiro atoms. The van der Waals surface area contributed by atoms with Crippen LogP contribution in [0.15, 0.2) is 48.5 Å². The first kappa shape index (κ1) is 11.6. The maximum atomic E-state index is 12.1. The van der Waals surface area contributed by atoms with Gasteiger partial charge in [-0.25, -0.2) is 0 Å². The molecular weight excluding hydrogens is 236 g/mol. The highest BCUT2D eigenvalue weighted by molar-refractivity contribution is 6.28. The molecule has 17 heavy (non-hydrogen) atoms. The third-order valence-corrected chi connectivity index (χ3v) is 2.83. The van der Waals surface area contributed by atoms with Crippen molar-refractivity contribution < 1.29 is 9.59 Å². The minimum Gasteiger partial charge on any atom is -0.289 e. The summed E-state index contributed by atoms with van der Waals surface area (Å²) in [5.74, 6) is -0.128. The Morgan fingerprint density at radius 1 is 0.529 bits per heavy atom. The highest BCUT2D eigenvalue weighted by Gasteiger charge is 2.28. The largest absolute Gasteiger partial charge is 0.289 e. The third-order valence-electron chi connectivity index (χ3n) is 2.83. The summed E-state index contributed by atoms with van der Waals surface area (Å²) in [6.45, 7) is 0. The van der Waals surface area contributed by atoms with Crippen molar-refractivity contribution in [2.75, 3.05) is 0 Å². The van der Waals surface area contributed by atoms with Gasteiger partial charge >= 0.3 is 0 Å². The first-order chi connectivity index (χ1) is 7.79. The minimum atomic E-state index is -0.0641. The van der Waals surface area contributed by atoms with Gasteiger partial charge in [0.15, 0.2) is 11.6 Å². The Balaban J connectivity index is 0.00000108. The second-order valence-electron chi connectivity index (χ2n) is 3.75. The standard InChI is InChI=1S/C14H8O2.ClH/c15-13-9-5-1-2-6-10(9)14(16)12-8-4-3-7-11(12)13;/h1-8H;1H. The van der Waals surface area contributed by atoms with Crippen molar-refractivity contribution in [2.24, 2.45) is 0 Å². The molecule has 0 bridgehead atoms. The quantitative estimate of drug-likeness (QED) is 0.609. The Kier molecular flexibility index (Phi) is 2.82. The molecular formula is C14H9ClO2. The van der Waals surface area contributed by atoms with Crippen molar-refractivity contribution in [1.82, 2.24) is 0 Å². The van der Waals surface area contributed by atoms with E-state index in [0.29, 0.717) is 22.3 Å². The highest BCUT2D eigenvalue weighted by atomic mass is 35.5. The summed E-state index contributed by atoms with van der Waals surface area (Å²) in [5, 5.41) is 0. The second kappa shape index (κ2) is 4.15. The molecule has 0 radical (unpaired) electrons. The fourth-order valence-corrected chi connectivity index (χ4v) is 2.05. The molecule has 0 aliphatic heterocycles. The summed E-state index contributed by atoms with van der Waals surface area (Å²) >= 11 is 0. The zero-order chi connectivity index (χ0) is 11.1. The predicted molar refractivity (Wildman–Crippen MR) is 67.0 cm³/mol. The number of rotatable bonds is 0. The molecule has 0 unspecified atom stereocenters. The fraction of sp³-hybridized carbons (Fsp3) is 0. The van der Waals surface area contributed by atoms with Gasteiger partial charge in [-0.1, -0.05) is 48.5 Å². The van der Waals surface area contributed by atoms with Crippen molar-refractivity contribution in [3.63, 3.8) is 0 Å². The van der Waals surface area contributed by atoms with E-state index in [1.807, 2.05) is 0 Å². The molecule has 0 saturated carbocycles. The van der Waals surface area contributed by atoms with Crippen LogP contribution in [0.4, 0.5) is 0 Å². The summed E-state index contributed by atoms with van der Waals surface area (Å²) in [7, 11) is 0. The van der Waals surface area contributed by atoms with Crippen molar-refractivity contribution in [2.45, 2.75) is 0 Å². The van der Waals surface area contributed by atoms with Crippen LogP contribution in [-0.4, -0.2) is 11.6 Å². The Morgan fingerprint density at radius 3 is 1.00 bits per heavy atom. The van der Waals surface area contributed by atoms with Crippen LogP contribution in [-0.2, 0) is 0 Å². The normalized spacial score (nSPS) is 12.5. The molecule has 3 rings (SSSR count). The van der Waals surface area contributed by atoms with E-state index in [9.17, 15) is 9.59 Å². The van der Waals surface area contributed by atoms with Crippen LogP contribution in [0.1, 0.15) is 31.8 Å². The Bertz CT molecular complexity index is 512. The molecule has 0 atom stereocenters. The maximum Gasteiger partial charge on any atom is 0.194 e. The topological polar surface area (TPSA) is 34.1 Å². The van der Waals surface area contributed by atoms with Crippen LogP contribution in [0.3, 0.4) is 0 Å². The number of hydrogen-bond donors (Lipinski definition) is 0. The molecule has 3 heteroatoms. The van der Waals surface area contributed by atoms with Crippen molar-refractivity contribution >= 4 is 24.0 Å². The van der Waals surface area contributed by atoms with Gasteiger partial charge in [-0.3, -0.25) is 9.59 Å². The minimum absolute atomic E-state index is 0. The van der Waals surface area contributed by atoms with Crippen LogP contribution in [0, 0.1) is 0 Å². The molecule has 1 aliphatic rings. The molecule has 1 aliphatic carbocycles. The van der Waals surface area contributed by atoms with E-state index >= 15 is 0 Å². The van der Waals surface area contributed by atoms with Gasteiger partial charge in [-0.15, -0.1) is 12.4 Å². The predicted octanol–water partition coefficient (Wildman–Crippen LogP) is 2.88. The van der Waals surface area contributed by atoms with Gasteiger partial charge in [0.05, 0.1) is 0 Å². The highest BCUT2D eigenvalue weighted by Crippen LogP contribution is 2.26. The molecule has 2 nitrogen and oxygen atoms in total. The first-order valence-corrected chi connectivity index (χ1v) is 5.06. The number of benzene rings is 2. The lowest BCUT2D eigenvalue weighted by Gasteiger charge is -2.16. The van der Waals surface area contributed by atoms with E-state index < -0.39 is 0 Å². The molecule has 2 aromatic rings. The lowest BCUT2D eigenvalue weighted by atomic mass is 9.84. The molecule has 0 fully saturated rings. The number of carbonyl (C=O) groups is 2. The van der Waals surface area contributed by atoms with E-state index in [1.165, 1.54) is 0 Å². The molecule has 2 aromatic carbocycles. The summed E-state index contributed by atoms with van der Waals surface area (Å²) < 4.78 is 0. The Morgan fingerprint density at radius 2 is 0.765 bits per heavy atom. The lowest BCUT2D eigenvalue weighted by Crippen LogP contribution is -2.20. The van der Waals surface area contributed by atoms with E-state index in [0.717, 1.165) is 0 Å². The Labute approximate surface area is 105 Å². The van der Waals surface area contributed by atoms with Gasteiger partial charge in [0.25, 0.3) is 0 Å². The molecule has 0 heterocycles. The maximum absolute atomic E-state index is 12.1. The van der Waals surface area contributed by atoms with Crippen molar-refractivity contribution in [3.05, 3.63) is 70.8 Å². The van der Waals surface area contributed by atoms with Crippen LogP contribution in [0.25, 0.3) is 0 Å². The molecule has 84 valence electrons. The van der Waals surface area contributed by atoms with Crippen molar-refractivity contribution in [3.8, 4) is 0 Å². The SMILES string of the molecule is Cl.O=C1c2ccccc2C(=O)c2ccccc21. The zero-order valence-corrected chi connectivity index (χ0v) is 9.66. The summed E-state index contributed by atoms with van der Waals surface area (Å²) in [6.07, 6.45) is 0. The number of halogens is 1. The average Bonchev–Trinajstić information content (AvgIpc) is 2.36. The van der Waals surface area contributed by atoms with E-state index in [-0.39, 0.29) is 24.0 Å². The summed E-state index contributed by atoms with van der Waals surface area (Å²) in [4.78, 5) is 24.2.